The molecule has 2 rings (SSSR count). The Bertz CT molecular complexity index is 483. The van der Waals surface area contributed by atoms with Crippen molar-refractivity contribution < 1.29 is 8.78 Å². The van der Waals surface area contributed by atoms with Crippen LogP contribution in [0, 0.1) is 0 Å². The summed E-state index contributed by atoms with van der Waals surface area (Å²) >= 11 is 8.91. The van der Waals surface area contributed by atoms with Gasteiger partial charge in [-0.05, 0) is 28.1 Å². The van der Waals surface area contributed by atoms with E-state index in [1.165, 1.54) is 6.07 Å². The van der Waals surface area contributed by atoms with Gasteiger partial charge in [-0.2, -0.15) is 5.10 Å². The second kappa shape index (κ2) is 3.47. The number of nitrogens with one attached hydrogen (secondary N) is 1. The lowest BCUT2D eigenvalue weighted by atomic mass is 10.2. The molecule has 0 fully saturated rings. The van der Waals surface area contributed by atoms with Crippen molar-refractivity contribution in [2.24, 2.45) is 0 Å². The Balaban J connectivity index is 2.79. The maximum atomic E-state index is 12.5. The molecule has 0 atom stereocenters. The fourth-order valence-electron chi connectivity index (χ4n) is 1.25. The monoisotopic (exact) mass is 280 g/mol. The topological polar surface area (TPSA) is 28.7 Å². The predicted octanol–water partition coefficient (Wildman–Crippen LogP) is 3.92. The summed E-state index contributed by atoms with van der Waals surface area (Å²) in [6, 6.07) is 3.09. The summed E-state index contributed by atoms with van der Waals surface area (Å²) in [5, 5.41) is 6.87. The van der Waals surface area contributed by atoms with Crippen molar-refractivity contribution in [3.05, 3.63) is 27.3 Å². The van der Waals surface area contributed by atoms with E-state index in [2.05, 4.69) is 26.1 Å². The number of aromatic nitrogens is 2. The van der Waals surface area contributed by atoms with Crippen LogP contribution < -0.4 is 0 Å². The number of hydrogen-bond acceptors (Lipinski definition) is 1. The molecule has 0 saturated heterocycles. The molecule has 0 spiro atoms. The predicted molar refractivity (Wildman–Crippen MR) is 53.8 cm³/mol. The maximum Gasteiger partial charge on any atom is 0.280 e. The van der Waals surface area contributed by atoms with E-state index in [1.54, 1.807) is 6.07 Å². The number of fused-ring (bicyclic) bond motifs is 1. The van der Waals surface area contributed by atoms with Crippen LogP contribution in [-0.2, 0) is 0 Å². The number of benzene rings is 1. The van der Waals surface area contributed by atoms with Crippen LogP contribution in [0.3, 0.4) is 0 Å². The van der Waals surface area contributed by atoms with E-state index in [-0.39, 0.29) is 5.69 Å². The molecule has 1 aromatic carbocycles. The Morgan fingerprint density at radius 1 is 1.43 bits per heavy atom. The average molecular weight is 281 g/mol. The van der Waals surface area contributed by atoms with Gasteiger partial charge in [-0.3, -0.25) is 5.10 Å². The van der Waals surface area contributed by atoms with Gasteiger partial charge in [0.2, 0.25) is 0 Å². The number of hydrogen-bond donors (Lipinski definition) is 1. The molecule has 0 aliphatic rings. The van der Waals surface area contributed by atoms with E-state index in [4.69, 9.17) is 11.6 Å². The van der Waals surface area contributed by atoms with Crippen LogP contribution >= 0.6 is 27.5 Å². The summed E-state index contributed by atoms with van der Waals surface area (Å²) in [7, 11) is 0. The fourth-order valence-corrected chi connectivity index (χ4v) is 2.26. The third kappa shape index (κ3) is 1.50. The Kier molecular flexibility index (Phi) is 2.45. The van der Waals surface area contributed by atoms with Crippen LogP contribution in [0.2, 0.25) is 5.02 Å². The van der Waals surface area contributed by atoms with E-state index < -0.39 is 6.43 Å². The van der Waals surface area contributed by atoms with Crippen molar-refractivity contribution in [3.63, 3.8) is 0 Å². The number of rotatable bonds is 1. The number of halogens is 4. The van der Waals surface area contributed by atoms with Gasteiger partial charge in [0.15, 0.2) is 0 Å². The molecule has 0 amide bonds. The molecule has 2 aromatic rings. The summed E-state index contributed by atoms with van der Waals surface area (Å²) in [6.45, 7) is 0. The minimum Gasteiger partial charge on any atom is -0.275 e. The van der Waals surface area contributed by atoms with Crippen molar-refractivity contribution in [2.75, 3.05) is 0 Å². The van der Waals surface area contributed by atoms with Crippen LogP contribution in [0.4, 0.5) is 8.78 Å². The van der Waals surface area contributed by atoms with E-state index >= 15 is 0 Å². The summed E-state index contributed by atoms with van der Waals surface area (Å²) in [5.41, 5.74) is 0.239. The van der Waals surface area contributed by atoms with Crippen molar-refractivity contribution in [2.45, 2.75) is 6.43 Å². The van der Waals surface area contributed by atoms with Crippen LogP contribution in [0.25, 0.3) is 10.9 Å². The second-order valence-electron chi connectivity index (χ2n) is 2.72. The molecule has 0 bridgehead atoms. The van der Waals surface area contributed by atoms with Crippen molar-refractivity contribution in [1.29, 1.82) is 0 Å². The smallest absolute Gasteiger partial charge is 0.275 e. The molecular weight excluding hydrogens is 277 g/mol. The van der Waals surface area contributed by atoms with Crippen LogP contribution in [0.5, 0.6) is 0 Å². The van der Waals surface area contributed by atoms with Gasteiger partial charge in [-0.25, -0.2) is 8.78 Å². The quantitative estimate of drug-likeness (QED) is 0.843. The summed E-state index contributed by atoms with van der Waals surface area (Å²) in [5.74, 6) is 0. The highest BCUT2D eigenvalue weighted by Crippen LogP contribution is 2.33. The Hall–Kier alpha value is -0.680. The average Bonchev–Trinajstić information content (AvgIpc) is 2.47. The lowest BCUT2D eigenvalue weighted by Crippen LogP contribution is -1.84. The molecule has 0 unspecified atom stereocenters. The van der Waals surface area contributed by atoms with Crippen molar-refractivity contribution in [1.82, 2.24) is 10.2 Å². The molecule has 2 nitrogen and oxygen atoms in total. The minimum atomic E-state index is -2.57. The highest BCUT2D eigenvalue weighted by Gasteiger charge is 2.17. The summed E-state index contributed by atoms with van der Waals surface area (Å²) in [4.78, 5) is 0. The SMILES string of the molecule is FC(F)c1[nH]nc2cc(Cl)cc(Br)c12. The maximum absolute atomic E-state index is 12.5. The zero-order valence-electron chi connectivity index (χ0n) is 6.69. The van der Waals surface area contributed by atoms with Gasteiger partial charge in [-0.1, -0.05) is 11.6 Å². The number of nitrogens with zero attached hydrogens (tertiary/aromatic N) is 1. The van der Waals surface area contributed by atoms with Crippen molar-refractivity contribution in [3.8, 4) is 0 Å². The molecular formula is C8H4BrClF2N2. The first-order valence-electron chi connectivity index (χ1n) is 3.70. The van der Waals surface area contributed by atoms with Crippen LogP contribution in [0.15, 0.2) is 16.6 Å². The van der Waals surface area contributed by atoms with Crippen LogP contribution in [-0.4, -0.2) is 10.2 Å². The fraction of sp³-hybridized carbons (Fsp3) is 0.125. The number of H-pyrrole nitrogens is 1. The van der Waals surface area contributed by atoms with Gasteiger partial charge in [0.1, 0.15) is 5.69 Å². The number of aromatic amines is 1. The lowest BCUT2D eigenvalue weighted by Gasteiger charge is -1.98. The van der Waals surface area contributed by atoms with Gasteiger partial charge < -0.3 is 0 Å². The molecule has 6 heteroatoms. The number of alkyl halides is 2. The molecule has 1 aromatic heterocycles. The van der Waals surface area contributed by atoms with Gasteiger partial charge in [-0.15, -0.1) is 0 Å². The minimum absolute atomic E-state index is 0.191. The highest BCUT2D eigenvalue weighted by molar-refractivity contribution is 9.10. The van der Waals surface area contributed by atoms with E-state index in [0.29, 0.717) is 20.4 Å². The first-order valence-corrected chi connectivity index (χ1v) is 4.88. The molecule has 0 radical (unpaired) electrons. The largest absolute Gasteiger partial charge is 0.280 e. The van der Waals surface area contributed by atoms with E-state index in [9.17, 15) is 8.78 Å². The Morgan fingerprint density at radius 3 is 2.79 bits per heavy atom. The van der Waals surface area contributed by atoms with Gasteiger partial charge >= 0.3 is 0 Å². The zero-order chi connectivity index (χ0) is 10.3. The second-order valence-corrected chi connectivity index (χ2v) is 4.01. The molecule has 0 aliphatic heterocycles. The molecule has 74 valence electrons. The molecule has 1 N–H and O–H groups in total. The third-order valence-electron chi connectivity index (χ3n) is 1.82. The Labute approximate surface area is 91.4 Å². The lowest BCUT2D eigenvalue weighted by molar-refractivity contribution is 0.147. The first kappa shape index (κ1) is 9.86. The molecule has 1 heterocycles. The molecule has 0 aliphatic carbocycles. The van der Waals surface area contributed by atoms with Gasteiger partial charge in [0.25, 0.3) is 6.43 Å². The molecule has 14 heavy (non-hydrogen) atoms. The van der Waals surface area contributed by atoms with E-state index in [0.717, 1.165) is 0 Å². The highest BCUT2D eigenvalue weighted by atomic mass is 79.9. The van der Waals surface area contributed by atoms with E-state index in [1.807, 2.05) is 0 Å². The first-order chi connectivity index (χ1) is 6.59. The van der Waals surface area contributed by atoms with Crippen molar-refractivity contribution >= 4 is 38.4 Å². The summed E-state index contributed by atoms with van der Waals surface area (Å²) < 4.78 is 25.5. The molecule has 0 saturated carbocycles. The van der Waals surface area contributed by atoms with Gasteiger partial charge in [0, 0.05) is 14.9 Å². The standard InChI is InChI=1S/C8H4BrClF2N2/c9-4-1-3(10)2-5-6(4)7(8(11)12)14-13-5/h1-2,8H,(H,13,14). The Morgan fingerprint density at radius 2 is 2.14 bits per heavy atom. The normalized spacial score (nSPS) is 11.5. The zero-order valence-corrected chi connectivity index (χ0v) is 9.03. The van der Waals surface area contributed by atoms with Gasteiger partial charge in [0.05, 0.1) is 5.52 Å². The third-order valence-corrected chi connectivity index (χ3v) is 2.66. The van der Waals surface area contributed by atoms with Crippen LogP contribution in [0.1, 0.15) is 12.1 Å². The summed E-state index contributed by atoms with van der Waals surface area (Å²) in [6.07, 6.45) is -2.57.